The maximum absolute atomic E-state index is 5.37. The number of rotatable bonds is 0. The molecular formula is C3H2Cl2NO. The zero-order valence-electron chi connectivity index (χ0n) is 3.24. The highest BCUT2D eigenvalue weighted by atomic mass is 35.5. The predicted octanol–water partition coefficient (Wildman–Crippen LogP) is 1.33. The third kappa shape index (κ3) is 0.996. The largest absolute Gasteiger partial charge is 0.413 e. The molecule has 7 heavy (non-hydrogen) atoms. The molecule has 1 heterocycles. The van der Waals surface area contributed by atoms with Crippen LogP contribution in [0, 0.1) is 5.50 Å². The van der Waals surface area contributed by atoms with Gasteiger partial charge >= 0.3 is 0 Å². The van der Waals surface area contributed by atoms with Crippen molar-refractivity contribution in [2.45, 2.75) is 0 Å². The molecule has 0 aromatic carbocycles. The van der Waals surface area contributed by atoms with E-state index in [1.54, 1.807) is 0 Å². The van der Waals surface area contributed by atoms with Crippen LogP contribution in [0.3, 0.4) is 0 Å². The quantitative estimate of drug-likeness (QED) is 0.511. The van der Waals surface area contributed by atoms with Gasteiger partial charge in [0.15, 0.2) is 0 Å². The zero-order chi connectivity index (χ0) is 5.28. The van der Waals surface area contributed by atoms with Crippen molar-refractivity contribution in [3.05, 3.63) is 16.8 Å². The number of hydrogen-bond acceptors (Lipinski definition) is 2. The molecule has 0 saturated heterocycles. The van der Waals surface area contributed by atoms with Crippen molar-refractivity contribution in [1.29, 1.82) is 0 Å². The lowest BCUT2D eigenvalue weighted by atomic mass is 10.6. The van der Waals surface area contributed by atoms with Crippen LogP contribution in [0.5, 0.6) is 0 Å². The summed E-state index contributed by atoms with van der Waals surface area (Å²) in [5, 5.41) is 0.404. The van der Waals surface area contributed by atoms with Crippen LogP contribution in [0.2, 0.25) is 0 Å². The Morgan fingerprint density at radius 1 is 1.57 bits per heavy atom. The fourth-order valence-corrected chi connectivity index (χ4v) is 0.406. The highest BCUT2D eigenvalue weighted by molar-refractivity contribution is 6.41. The maximum atomic E-state index is 5.37. The van der Waals surface area contributed by atoms with E-state index in [2.05, 4.69) is 10.3 Å². The topological polar surface area (TPSA) is 21.3 Å². The van der Waals surface area contributed by atoms with Crippen LogP contribution in [0.1, 0.15) is 0 Å². The third-order valence-electron chi connectivity index (χ3n) is 0.521. The van der Waals surface area contributed by atoms with Gasteiger partial charge in [-0.15, -0.1) is 5.48 Å². The van der Waals surface area contributed by atoms with E-state index in [4.69, 9.17) is 23.2 Å². The fourth-order valence-electron chi connectivity index (χ4n) is 0.233. The Morgan fingerprint density at radius 2 is 2.29 bits per heavy atom. The van der Waals surface area contributed by atoms with Crippen molar-refractivity contribution in [1.82, 2.24) is 5.48 Å². The summed E-state index contributed by atoms with van der Waals surface area (Å²) in [7, 11) is 0. The van der Waals surface area contributed by atoms with E-state index >= 15 is 0 Å². The molecule has 2 nitrogen and oxygen atoms in total. The molecule has 0 bridgehead atoms. The predicted molar refractivity (Wildman–Crippen MR) is 27.3 cm³/mol. The Balaban J connectivity index is 2.54. The molecule has 0 fully saturated rings. The molecule has 1 N–H and O–H groups in total. The Kier molecular flexibility index (Phi) is 1.42. The zero-order valence-corrected chi connectivity index (χ0v) is 4.75. The Bertz CT molecular complexity index is 103. The average molecular weight is 139 g/mol. The van der Waals surface area contributed by atoms with E-state index in [1.165, 1.54) is 6.26 Å². The lowest BCUT2D eigenvalue weighted by molar-refractivity contribution is 0.179. The highest BCUT2D eigenvalue weighted by Gasteiger charge is 2.15. The molecule has 1 radical (unpaired) electrons. The second kappa shape index (κ2) is 1.90. The van der Waals surface area contributed by atoms with Crippen LogP contribution in [-0.2, 0) is 4.84 Å². The van der Waals surface area contributed by atoms with Gasteiger partial charge in [0.1, 0.15) is 6.26 Å². The number of hydroxylamine groups is 1. The van der Waals surface area contributed by atoms with Crippen molar-refractivity contribution in [2.75, 3.05) is 0 Å². The van der Waals surface area contributed by atoms with Crippen molar-refractivity contribution >= 4 is 23.2 Å². The van der Waals surface area contributed by atoms with Gasteiger partial charge in [-0.3, -0.25) is 0 Å². The summed E-state index contributed by atoms with van der Waals surface area (Å²) in [4.78, 5) is 4.46. The minimum atomic E-state index is 0.335. The van der Waals surface area contributed by atoms with Crippen LogP contribution < -0.4 is 5.48 Å². The molecule has 1 aliphatic rings. The van der Waals surface area contributed by atoms with Crippen LogP contribution >= 0.6 is 23.2 Å². The molecule has 1 aliphatic heterocycles. The smallest absolute Gasteiger partial charge is 0.205 e. The molecule has 0 aromatic heterocycles. The van der Waals surface area contributed by atoms with E-state index < -0.39 is 0 Å². The van der Waals surface area contributed by atoms with Gasteiger partial charge in [-0.1, -0.05) is 23.2 Å². The summed E-state index contributed by atoms with van der Waals surface area (Å²) >= 11 is 10.7. The molecule has 1 rings (SSSR count). The van der Waals surface area contributed by atoms with Crippen molar-refractivity contribution in [3.8, 4) is 0 Å². The summed E-state index contributed by atoms with van der Waals surface area (Å²) in [5.74, 6) is 0. The molecule has 4 heteroatoms. The number of halogens is 2. The Labute approximate surface area is 51.0 Å². The van der Waals surface area contributed by atoms with Gasteiger partial charge in [0.05, 0.1) is 5.03 Å². The molecule has 0 spiro atoms. The first kappa shape index (κ1) is 5.22. The first-order chi connectivity index (χ1) is 3.30. The molecule has 0 unspecified atom stereocenters. The highest BCUT2D eigenvalue weighted by Crippen LogP contribution is 2.23. The Hall–Kier alpha value is 0.0800. The molecule has 0 aromatic rings. The average Bonchev–Trinajstić information content (AvgIpc) is 1.91. The summed E-state index contributed by atoms with van der Waals surface area (Å²) in [6, 6.07) is 0. The lowest BCUT2D eigenvalue weighted by Crippen LogP contribution is -2.05. The van der Waals surface area contributed by atoms with Gasteiger partial charge in [0.2, 0.25) is 5.50 Å². The van der Waals surface area contributed by atoms with Crippen LogP contribution in [0.15, 0.2) is 11.3 Å². The van der Waals surface area contributed by atoms with Gasteiger partial charge in [-0.2, -0.15) is 0 Å². The lowest BCUT2D eigenvalue weighted by Gasteiger charge is -1.92. The third-order valence-corrected chi connectivity index (χ3v) is 1.18. The summed E-state index contributed by atoms with van der Waals surface area (Å²) in [6.07, 6.45) is 1.32. The second-order valence-electron chi connectivity index (χ2n) is 1.000. The van der Waals surface area contributed by atoms with E-state index in [1.807, 2.05) is 0 Å². The van der Waals surface area contributed by atoms with Crippen LogP contribution in [0.4, 0.5) is 0 Å². The molecule has 0 aliphatic carbocycles. The standard InChI is InChI=1S/C3H2Cl2NO/c4-2-1-7-6-3(2)5/h1,6H. The van der Waals surface area contributed by atoms with Crippen LogP contribution in [0.25, 0.3) is 0 Å². The number of hydrogen-bond donors (Lipinski definition) is 1. The minimum absolute atomic E-state index is 0.335. The van der Waals surface area contributed by atoms with Gasteiger partial charge in [-0.25, -0.2) is 0 Å². The molecule has 39 valence electrons. The van der Waals surface area contributed by atoms with Gasteiger partial charge in [0, 0.05) is 0 Å². The SMILES string of the molecule is Cl[C]1NOC=C1Cl. The van der Waals surface area contributed by atoms with Gasteiger partial charge < -0.3 is 4.84 Å². The van der Waals surface area contributed by atoms with E-state index in [-0.39, 0.29) is 0 Å². The summed E-state index contributed by atoms with van der Waals surface area (Å²) in [6.45, 7) is 0. The van der Waals surface area contributed by atoms with Crippen LogP contribution in [-0.4, -0.2) is 0 Å². The molecule has 0 atom stereocenters. The summed E-state index contributed by atoms with van der Waals surface area (Å²) in [5.41, 5.74) is 2.66. The van der Waals surface area contributed by atoms with E-state index in [9.17, 15) is 0 Å². The van der Waals surface area contributed by atoms with E-state index in [0.29, 0.717) is 10.5 Å². The molecule has 0 saturated carbocycles. The van der Waals surface area contributed by atoms with Gasteiger partial charge in [-0.05, 0) is 0 Å². The molecular weight excluding hydrogens is 137 g/mol. The first-order valence-electron chi connectivity index (χ1n) is 1.61. The Morgan fingerprint density at radius 3 is 2.43 bits per heavy atom. The minimum Gasteiger partial charge on any atom is -0.413 e. The first-order valence-corrected chi connectivity index (χ1v) is 2.36. The maximum Gasteiger partial charge on any atom is 0.205 e. The fraction of sp³-hybridized carbons (Fsp3) is 0. The number of nitrogens with one attached hydrogen (secondary N) is 1. The monoisotopic (exact) mass is 138 g/mol. The summed E-state index contributed by atoms with van der Waals surface area (Å²) < 4.78 is 0. The van der Waals surface area contributed by atoms with Crippen molar-refractivity contribution in [2.24, 2.45) is 0 Å². The second-order valence-corrected chi connectivity index (χ2v) is 1.78. The normalized spacial score (nSPS) is 21.7. The molecule has 0 amide bonds. The van der Waals surface area contributed by atoms with Crippen molar-refractivity contribution < 1.29 is 4.84 Å². The van der Waals surface area contributed by atoms with Crippen molar-refractivity contribution in [3.63, 3.8) is 0 Å². The van der Waals surface area contributed by atoms with Gasteiger partial charge in [0.25, 0.3) is 0 Å². The van der Waals surface area contributed by atoms with E-state index in [0.717, 1.165) is 0 Å².